The number of aryl methyl sites for hydroxylation is 1. The Hall–Kier alpha value is -3.22. The summed E-state index contributed by atoms with van der Waals surface area (Å²) in [7, 11) is 4.10. The van der Waals surface area contributed by atoms with Gasteiger partial charge in [0.25, 0.3) is 5.56 Å². The molecule has 2 aromatic heterocycles. The van der Waals surface area contributed by atoms with Crippen LogP contribution in [0.5, 0.6) is 0 Å². The number of esters is 1. The number of hydrogen-bond acceptors (Lipinski definition) is 5. The number of ether oxygens (including phenoxy) is 1. The number of benzene rings is 1. The third-order valence-electron chi connectivity index (χ3n) is 3.89. The molecule has 0 aliphatic rings. The highest BCUT2D eigenvalue weighted by molar-refractivity contribution is 6.03. The molecule has 0 fully saturated rings. The normalized spacial score (nSPS) is 10.8. The quantitative estimate of drug-likeness (QED) is 0.659. The van der Waals surface area contributed by atoms with Crippen LogP contribution in [0.4, 0.5) is 0 Å². The van der Waals surface area contributed by atoms with Gasteiger partial charge in [-0.05, 0) is 6.07 Å². The minimum absolute atomic E-state index is 0.0612. The van der Waals surface area contributed by atoms with E-state index >= 15 is 0 Å². The summed E-state index contributed by atoms with van der Waals surface area (Å²) in [5.41, 5.74) is 0.369. The molecule has 0 unspecified atom stereocenters. The molecule has 24 heavy (non-hydrogen) atoms. The largest absolute Gasteiger partial charge is 0.465 e. The molecule has 0 radical (unpaired) electrons. The maximum atomic E-state index is 12.5. The standard InChI is InChI=1S/C17H15N3O4/c1-19-14-13(15(21)20(2)17(19)23)11(16(22)24-3)9-12(18-14)10-7-5-4-6-8-10/h4-9H,1-3H3. The van der Waals surface area contributed by atoms with Gasteiger partial charge in [0.15, 0.2) is 5.65 Å². The van der Waals surface area contributed by atoms with E-state index < -0.39 is 17.2 Å². The zero-order valence-electron chi connectivity index (χ0n) is 13.4. The van der Waals surface area contributed by atoms with Gasteiger partial charge < -0.3 is 4.74 Å². The average Bonchev–Trinajstić information content (AvgIpc) is 2.63. The molecular weight excluding hydrogens is 310 g/mol. The lowest BCUT2D eigenvalue weighted by atomic mass is 10.1. The lowest BCUT2D eigenvalue weighted by molar-refractivity contribution is 0.0603. The molecule has 0 atom stereocenters. The third kappa shape index (κ3) is 2.30. The predicted molar refractivity (Wildman–Crippen MR) is 89.0 cm³/mol. The highest BCUT2D eigenvalue weighted by Gasteiger charge is 2.20. The van der Waals surface area contributed by atoms with Crippen LogP contribution >= 0.6 is 0 Å². The molecule has 7 heteroatoms. The van der Waals surface area contributed by atoms with Crippen LogP contribution in [0.1, 0.15) is 10.4 Å². The summed E-state index contributed by atoms with van der Waals surface area (Å²) in [5, 5.41) is 0.0612. The topological polar surface area (TPSA) is 83.2 Å². The van der Waals surface area contributed by atoms with Gasteiger partial charge in [0.2, 0.25) is 0 Å². The van der Waals surface area contributed by atoms with E-state index in [2.05, 4.69) is 4.98 Å². The van der Waals surface area contributed by atoms with Crippen molar-refractivity contribution in [1.82, 2.24) is 14.1 Å². The van der Waals surface area contributed by atoms with Gasteiger partial charge in [0.1, 0.15) is 0 Å². The highest BCUT2D eigenvalue weighted by atomic mass is 16.5. The van der Waals surface area contributed by atoms with Crippen molar-refractivity contribution < 1.29 is 9.53 Å². The fourth-order valence-electron chi connectivity index (χ4n) is 2.58. The summed E-state index contributed by atoms with van der Waals surface area (Å²) < 4.78 is 6.99. The Bertz CT molecular complexity index is 1070. The Morgan fingerprint density at radius 1 is 1.08 bits per heavy atom. The number of pyridine rings is 1. The molecule has 0 N–H and O–H groups in total. The van der Waals surface area contributed by atoms with E-state index in [1.807, 2.05) is 30.3 Å². The second kappa shape index (κ2) is 5.77. The zero-order valence-corrected chi connectivity index (χ0v) is 13.4. The number of carbonyl (C=O) groups excluding carboxylic acids is 1. The molecule has 0 bridgehead atoms. The number of hydrogen-bond donors (Lipinski definition) is 0. The van der Waals surface area contributed by atoms with Gasteiger partial charge in [0, 0.05) is 19.7 Å². The molecule has 3 rings (SSSR count). The molecule has 7 nitrogen and oxygen atoms in total. The predicted octanol–water partition coefficient (Wildman–Crippen LogP) is 1.09. The second-order valence-electron chi connectivity index (χ2n) is 5.32. The Kier molecular flexibility index (Phi) is 3.76. The van der Waals surface area contributed by atoms with Crippen molar-refractivity contribution >= 4 is 17.0 Å². The van der Waals surface area contributed by atoms with E-state index in [0.717, 1.165) is 10.1 Å². The van der Waals surface area contributed by atoms with Crippen LogP contribution in [0.15, 0.2) is 46.0 Å². The SMILES string of the molecule is COC(=O)c1cc(-c2ccccc2)nc2c1c(=O)n(C)c(=O)n2C. The summed E-state index contributed by atoms with van der Waals surface area (Å²) in [5.74, 6) is -0.657. The summed E-state index contributed by atoms with van der Waals surface area (Å²) in [6.45, 7) is 0. The molecule has 0 aliphatic carbocycles. The molecule has 0 aliphatic heterocycles. The monoisotopic (exact) mass is 325 g/mol. The Morgan fingerprint density at radius 2 is 1.75 bits per heavy atom. The van der Waals surface area contributed by atoms with E-state index in [4.69, 9.17) is 4.74 Å². The molecule has 122 valence electrons. The van der Waals surface area contributed by atoms with Crippen molar-refractivity contribution in [3.63, 3.8) is 0 Å². The lowest BCUT2D eigenvalue weighted by Gasteiger charge is -2.12. The van der Waals surface area contributed by atoms with Gasteiger partial charge in [-0.2, -0.15) is 0 Å². The number of methoxy groups -OCH3 is 1. The summed E-state index contributed by atoms with van der Waals surface area (Å²) in [4.78, 5) is 41.3. The lowest BCUT2D eigenvalue weighted by Crippen LogP contribution is -2.38. The van der Waals surface area contributed by atoms with Crippen molar-refractivity contribution in [3.05, 3.63) is 62.8 Å². The van der Waals surface area contributed by atoms with Gasteiger partial charge in [-0.1, -0.05) is 30.3 Å². The van der Waals surface area contributed by atoms with Crippen molar-refractivity contribution in [3.8, 4) is 11.3 Å². The third-order valence-corrected chi connectivity index (χ3v) is 3.89. The van der Waals surface area contributed by atoms with Crippen LogP contribution < -0.4 is 11.2 Å². The summed E-state index contributed by atoms with van der Waals surface area (Å²) >= 11 is 0. The first-order chi connectivity index (χ1) is 11.5. The van der Waals surface area contributed by atoms with Crippen LogP contribution in [0.25, 0.3) is 22.3 Å². The molecule has 0 spiro atoms. The molecule has 2 heterocycles. The minimum atomic E-state index is -0.657. The molecule has 0 saturated carbocycles. The van der Waals surface area contributed by atoms with E-state index in [1.54, 1.807) is 0 Å². The van der Waals surface area contributed by atoms with Crippen molar-refractivity contribution in [2.24, 2.45) is 14.1 Å². The average molecular weight is 325 g/mol. The van der Waals surface area contributed by atoms with Crippen molar-refractivity contribution in [2.75, 3.05) is 7.11 Å². The minimum Gasteiger partial charge on any atom is -0.465 e. The first kappa shape index (κ1) is 15.7. The molecule has 0 saturated heterocycles. The van der Waals surface area contributed by atoms with E-state index in [-0.39, 0.29) is 16.6 Å². The van der Waals surface area contributed by atoms with Crippen LogP contribution in [0.2, 0.25) is 0 Å². The summed E-state index contributed by atoms with van der Waals surface area (Å²) in [6.07, 6.45) is 0. The zero-order chi connectivity index (χ0) is 17.4. The van der Waals surface area contributed by atoms with Crippen LogP contribution in [-0.2, 0) is 18.8 Å². The Labute approximate surface area is 136 Å². The van der Waals surface area contributed by atoms with Gasteiger partial charge in [-0.3, -0.25) is 13.9 Å². The molecule has 3 aromatic rings. The molecule has 0 amide bonds. The van der Waals surface area contributed by atoms with Crippen molar-refractivity contribution in [2.45, 2.75) is 0 Å². The number of nitrogens with zero attached hydrogens (tertiary/aromatic N) is 3. The molecular formula is C17H15N3O4. The van der Waals surface area contributed by atoms with Crippen LogP contribution in [0.3, 0.4) is 0 Å². The highest BCUT2D eigenvalue weighted by Crippen LogP contribution is 2.22. The van der Waals surface area contributed by atoms with Crippen LogP contribution in [-0.4, -0.2) is 27.2 Å². The second-order valence-corrected chi connectivity index (χ2v) is 5.32. The van der Waals surface area contributed by atoms with Gasteiger partial charge in [0.05, 0.1) is 23.8 Å². The van der Waals surface area contributed by atoms with E-state index in [9.17, 15) is 14.4 Å². The smallest absolute Gasteiger partial charge is 0.338 e. The van der Waals surface area contributed by atoms with Crippen molar-refractivity contribution in [1.29, 1.82) is 0 Å². The summed E-state index contributed by atoms with van der Waals surface area (Å²) in [6, 6.07) is 10.7. The number of carbonyl (C=O) groups is 1. The Balaban J connectivity index is 2.51. The van der Waals surface area contributed by atoms with Gasteiger partial charge in [-0.15, -0.1) is 0 Å². The number of rotatable bonds is 2. The van der Waals surface area contributed by atoms with Gasteiger partial charge >= 0.3 is 11.7 Å². The first-order valence-electron chi connectivity index (χ1n) is 7.20. The van der Waals surface area contributed by atoms with E-state index in [1.165, 1.54) is 31.8 Å². The van der Waals surface area contributed by atoms with Crippen LogP contribution in [0, 0.1) is 0 Å². The van der Waals surface area contributed by atoms with E-state index in [0.29, 0.717) is 5.69 Å². The number of fused-ring (bicyclic) bond motifs is 1. The fraction of sp³-hybridized carbons (Fsp3) is 0.176. The fourth-order valence-corrected chi connectivity index (χ4v) is 2.58. The maximum Gasteiger partial charge on any atom is 0.338 e. The number of aromatic nitrogens is 3. The first-order valence-corrected chi connectivity index (χ1v) is 7.20. The molecule has 1 aromatic carbocycles. The Morgan fingerprint density at radius 3 is 2.38 bits per heavy atom. The van der Waals surface area contributed by atoms with Gasteiger partial charge in [-0.25, -0.2) is 14.6 Å². The maximum absolute atomic E-state index is 12.5.